The molecular formula is C29H39N5O5S. The van der Waals surface area contributed by atoms with Crippen LogP contribution in [0.4, 0.5) is 0 Å². The van der Waals surface area contributed by atoms with E-state index in [2.05, 4.69) is 10.2 Å². The van der Waals surface area contributed by atoms with Crippen molar-refractivity contribution in [2.24, 2.45) is 0 Å². The predicted molar refractivity (Wildman–Crippen MR) is 153 cm³/mol. The zero-order valence-electron chi connectivity index (χ0n) is 23.1. The molecule has 0 aliphatic carbocycles. The summed E-state index contributed by atoms with van der Waals surface area (Å²) in [7, 11) is 1.57. The number of methoxy groups -OCH3 is 1. The van der Waals surface area contributed by atoms with E-state index in [1.165, 1.54) is 11.3 Å². The Morgan fingerprint density at radius 2 is 1.95 bits per heavy atom. The fraction of sp³-hybridized carbons (Fsp3) is 0.552. The molecule has 3 saturated heterocycles. The molecule has 4 heterocycles. The molecule has 1 aromatic carbocycles. The number of hydrogen-bond acceptors (Lipinski definition) is 8. The predicted octanol–water partition coefficient (Wildman–Crippen LogP) is 1.64. The second-order valence-corrected chi connectivity index (χ2v) is 11.4. The molecule has 11 heteroatoms. The summed E-state index contributed by atoms with van der Waals surface area (Å²) in [5.41, 5.74) is 0.472. The van der Waals surface area contributed by atoms with Crippen molar-refractivity contribution in [3.8, 4) is 5.75 Å². The Morgan fingerprint density at radius 1 is 1.10 bits per heavy atom. The summed E-state index contributed by atoms with van der Waals surface area (Å²) in [6.07, 6.45) is 1.28. The van der Waals surface area contributed by atoms with E-state index in [0.717, 1.165) is 39.1 Å². The first-order valence-corrected chi connectivity index (χ1v) is 15.0. The number of rotatable bonds is 8. The number of carbonyl (C=O) groups excluding carboxylic acids is 3. The Labute approximate surface area is 239 Å². The molecule has 0 spiro atoms. The number of benzene rings is 1. The molecule has 5 rings (SSSR count). The van der Waals surface area contributed by atoms with Gasteiger partial charge in [0.1, 0.15) is 11.8 Å². The topological polar surface area (TPSA) is 94.7 Å². The normalized spacial score (nSPS) is 22.1. The molecule has 2 atom stereocenters. The summed E-state index contributed by atoms with van der Waals surface area (Å²) in [4.78, 5) is 50.1. The molecule has 0 saturated carbocycles. The number of likely N-dealkylation sites (tertiary alicyclic amines) is 1. The first kappa shape index (κ1) is 28.5. The minimum Gasteiger partial charge on any atom is -0.497 e. The lowest BCUT2D eigenvalue weighted by molar-refractivity contribution is -0.135. The van der Waals surface area contributed by atoms with Crippen molar-refractivity contribution < 1.29 is 23.9 Å². The van der Waals surface area contributed by atoms with Crippen LogP contribution in [0.15, 0.2) is 41.8 Å². The minimum atomic E-state index is -0.635. The lowest BCUT2D eigenvalue weighted by atomic mass is 10.1. The summed E-state index contributed by atoms with van der Waals surface area (Å²) in [6, 6.07) is 9.85. The monoisotopic (exact) mass is 569 g/mol. The highest BCUT2D eigenvalue weighted by atomic mass is 32.1. The van der Waals surface area contributed by atoms with Gasteiger partial charge < -0.3 is 29.5 Å². The lowest BCUT2D eigenvalue weighted by Crippen LogP contribution is -2.48. The minimum absolute atomic E-state index is 0.0425. The van der Waals surface area contributed by atoms with Crippen molar-refractivity contribution in [2.45, 2.75) is 24.9 Å². The molecule has 10 nitrogen and oxygen atoms in total. The maximum absolute atomic E-state index is 14.0. The largest absolute Gasteiger partial charge is 0.497 e. The molecule has 40 heavy (non-hydrogen) atoms. The zero-order valence-corrected chi connectivity index (χ0v) is 23.9. The van der Waals surface area contributed by atoms with Crippen LogP contribution in [0, 0.1) is 0 Å². The standard InChI is InChI=1S/C29H39N5O5S/c1-38-24-6-2-5-22(19-24)27(35)34-21-23(20-25(34)28(36)32-10-4-8-30-9-11-32)33(29(37)26-7-3-18-40-26)13-12-31-14-16-39-17-15-31/h2-3,5-7,18-19,23,25,30H,4,8-17,20-21H2,1H3. The third-order valence-corrected chi connectivity index (χ3v) is 8.85. The van der Waals surface area contributed by atoms with Crippen LogP contribution in [0.5, 0.6) is 5.75 Å². The van der Waals surface area contributed by atoms with E-state index in [-0.39, 0.29) is 23.8 Å². The van der Waals surface area contributed by atoms with Crippen LogP contribution in [0.3, 0.4) is 0 Å². The number of amides is 3. The summed E-state index contributed by atoms with van der Waals surface area (Å²) in [5, 5.41) is 5.25. The van der Waals surface area contributed by atoms with Gasteiger partial charge in [-0.25, -0.2) is 0 Å². The van der Waals surface area contributed by atoms with E-state index in [1.807, 2.05) is 27.3 Å². The SMILES string of the molecule is COc1cccc(C(=O)N2CC(N(CCN3CCOCC3)C(=O)c3cccs3)CC2C(=O)N2CCCNCC2)c1. The van der Waals surface area contributed by atoms with Gasteiger partial charge in [0, 0.05) is 57.9 Å². The number of nitrogens with one attached hydrogen (secondary N) is 1. The molecule has 2 unspecified atom stereocenters. The van der Waals surface area contributed by atoms with Gasteiger partial charge in [0.2, 0.25) is 5.91 Å². The maximum Gasteiger partial charge on any atom is 0.264 e. The van der Waals surface area contributed by atoms with E-state index in [0.29, 0.717) is 62.0 Å². The number of hydrogen-bond donors (Lipinski definition) is 1. The molecule has 3 aliphatic rings. The number of thiophene rings is 1. The second-order valence-electron chi connectivity index (χ2n) is 10.5. The van der Waals surface area contributed by atoms with E-state index >= 15 is 0 Å². The molecule has 2 aromatic rings. The maximum atomic E-state index is 14.0. The van der Waals surface area contributed by atoms with Crippen LogP contribution in [-0.2, 0) is 9.53 Å². The molecule has 1 aromatic heterocycles. The van der Waals surface area contributed by atoms with Gasteiger partial charge in [-0.2, -0.15) is 0 Å². The van der Waals surface area contributed by atoms with Gasteiger partial charge in [-0.15, -0.1) is 11.3 Å². The summed E-state index contributed by atoms with van der Waals surface area (Å²) in [5.74, 6) is 0.278. The van der Waals surface area contributed by atoms with Crippen molar-refractivity contribution in [3.05, 3.63) is 52.2 Å². The van der Waals surface area contributed by atoms with Crippen molar-refractivity contribution in [1.29, 1.82) is 0 Å². The first-order valence-electron chi connectivity index (χ1n) is 14.1. The number of morpholine rings is 1. The van der Waals surface area contributed by atoms with Crippen LogP contribution in [0.2, 0.25) is 0 Å². The van der Waals surface area contributed by atoms with Gasteiger partial charge >= 0.3 is 0 Å². The highest BCUT2D eigenvalue weighted by molar-refractivity contribution is 7.12. The molecule has 1 N–H and O–H groups in total. The molecule has 0 radical (unpaired) electrons. The van der Waals surface area contributed by atoms with Crippen LogP contribution >= 0.6 is 11.3 Å². The van der Waals surface area contributed by atoms with Gasteiger partial charge in [-0.1, -0.05) is 12.1 Å². The number of ether oxygens (including phenoxy) is 2. The Hall–Kier alpha value is -2.99. The number of carbonyl (C=O) groups is 3. The van der Waals surface area contributed by atoms with Gasteiger partial charge in [0.25, 0.3) is 11.8 Å². The molecular weight excluding hydrogens is 530 g/mol. The molecule has 3 aliphatic heterocycles. The average molecular weight is 570 g/mol. The third-order valence-electron chi connectivity index (χ3n) is 7.99. The Morgan fingerprint density at radius 3 is 2.73 bits per heavy atom. The summed E-state index contributed by atoms with van der Waals surface area (Å²) in [6.45, 7) is 7.44. The lowest BCUT2D eigenvalue weighted by Gasteiger charge is -2.33. The van der Waals surface area contributed by atoms with Gasteiger partial charge in [0.05, 0.1) is 31.2 Å². The van der Waals surface area contributed by atoms with Crippen LogP contribution in [0.1, 0.15) is 32.9 Å². The zero-order chi connectivity index (χ0) is 27.9. The first-order chi connectivity index (χ1) is 19.5. The highest BCUT2D eigenvalue weighted by Gasteiger charge is 2.45. The second kappa shape index (κ2) is 13.6. The van der Waals surface area contributed by atoms with Crippen LogP contribution in [-0.4, -0.2) is 129 Å². The highest BCUT2D eigenvalue weighted by Crippen LogP contribution is 2.29. The summed E-state index contributed by atoms with van der Waals surface area (Å²) >= 11 is 1.42. The van der Waals surface area contributed by atoms with E-state index < -0.39 is 6.04 Å². The van der Waals surface area contributed by atoms with Crippen molar-refractivity contribution in [3.63, 3.8) is 0 Å². The van der Waals surface area contributed by atoms with E-state index in [4.69, 9.17) is 9.47 Å². The van der Waals surface area contributed by atoms with Gasteiger partial charge in [0.15, 0.2) is 0 Å². The Balaban J connectivity index is 1.42. The summed E-state index contributed by atoms with van der Waals surface area (Å²) < 4.78 is 10.9. The third kappa shape index (κ3) is 6.65. The Kier molecular flexibility index (Phi) is 9.69. The Bertz CT molecular complexity index is 1150. The van der Waals surface area contributed by atoms with Gasteiger partial charge in [-0.3, -0.25) is 19.3 Å². The van der Waals surface area contributed by atoms with Crippen LogP contribution in [0.25, 0.3) is 0 Å². The van der Waals surface area contributed by atoms with E-state index in [1.54, 1.807) is 36.3 Å². The molecule has 216 valence electrons. The fourth-order valence-corrected chi connectivity index (χ4v) is 6.44. The molecule has 0 bridgehead atoms. The fourth-order valence-electron chi connectivity index (χ4n) is 5.76. The quantitative estimate of drug-likeness (QED) is 0.517. The van der Waals surface area contributed by atoms with Crippen molar-refractivity contribution in [1.82, 2.24) is 24.9 Å². The molecule has 3 amide bonds. The smallest absolute Gasteiger partial charge is 0.264 e. The van der Waals surface area contributed by atoms with Crippen molar-refractivity contribution in [2.75, 3.05) is 79.2 Å². The van der Waals surface area contributed by atoms with Gasteiger partial charge in [-0.05, 0) is 49.0 Å². The van der Waals surface area contributed by atoms with Crippen molar-refractivity contribution >= 4 is 29.1 Å². The van der Waals surface area contributed by atoms with E-state index in [9.17, 15) is 14.4 Å². The average Bonchev–Trinajstić information content (AvgIpc) is 3.62. The number of nitrogens with zero attached hydrogens (tertiary/aromatic N) is 4. The molecule has 3 fully saturated rings. The van der Waals surface area contributed by atoms with Crippen LogP contribution < -0.4 is 10.1 Å².